The first-order valence-corrected chi connectivity index (χ1v) is 2.65. The minimum Gasteiger partial charge on any atom is -0.394 e. The van der Waals surface area contributed by atoms with Crippen molar-refractivity contribution in [3.8, 4) is 0 Å². The van der Waals surface area contributed by atoms with E-state index in [1.165, 1.54) is 0 Å². The number of carbonyl (C=O) groups is 2. The van der Waals surface area contributed by atoms with Gasteiger partial charge in [0.05, 0.1) is 0 Å². The lowest BCUT2D eigenvalue weighted by molar-refractivity contribution is -0.115. The van der Waals surface area contributed by atoms with Gasteiger partial charge in [-0.05, 0) is 12.2 Å². The summed E-state index contributed by atoms with van der Waals surface area (Å²) in [6.45, 7) is 0. The van der Waals surface area contributed by atoms with Crippen molar-refractivity contribution in [1.29, 1.82) is 0 Å². The fraction of sp³-hybridized carbons (Fsp3) is 0. The Bertz CT molecular complexity index is 237. The second-order valence-corrected chi connectivity index (χ2v) is 1.89. The molecule has 0 aromatic carbocycles. The van der Waals surface area contributed by atoms with Gasteiger partial charge in [-0.2, -0.15) is 0 Å². The summed E-state index contributed by atoms with van der Waals surface area (Å²) in [5.74, 6) is -0.811. The summed E-state index contributed by atoms with van der Waals surface area (Å²) in [6, 6.07) is 0. The SMILES string of the molecule is NC1=C(N)C(=O)C=CC1=O. The van der Waals surface area contributed by atoms with Crippen molar-refractivity contribution in [3.05, 3.63) is 23.5 Å². The highest BCUT2D eigenvalue weighted by atomic mass is 16.1. The molecule has 0 bridgehead atoms. The molecule has 0 amide bonds. The van der Waals surface area contributed by atoms with Crippen LogP contribution in [0.2, 0.25) is 0 Å². The number of allylic oxidation sites excluding steroid dienone is 2. The van der Waals surface area contributed by atoms with E-state index in [4.69, 9.17) is 11.5 Å². The van der Waals surface area contributed by atoms with Crippen LogP contribution in [0.5, 0.6) is 0 Å². The largest absolute Gasteiger partial charge is 0.394 e. The normalized spacial score (nSPS) is 18.4. The Kier molecular flexibility index (Phi) is 1.30. The molecular formula is C6H6N2O2. The van der Waals surface area contributed by atoms with Crippen LogP contribution >= 0.6 is 0 Å². The molecule has 52 valence electrons. The van der Waals surface area contributed by atoms with Gasteiger partial charge in [0.15, 0.2) is 0 Å². The Balaban J connectivity index is 3.12. The molecule has 0 heterocycles. The van der Waals surface area contributed by atoms with Gasteiger partial charge in [-0.3, -0.25) is 9.59 Å². The van der Waals surface area contributed by atoms with Crippen molar-refractivity contribution in [2.24, 2.45) is 11.5 Å². The number of rotatable bonds is 0. The molecule has 0 saturated heterocycles. The molecule has 0 aromatic heterocycles. The number of ketones is 2. The van der Waals surface area contributed by atoms with E-state index < -0.39 is 11.6 Å². The first-order chi connectivity index (χ1) is 4.63. The van der Waals surface area contributed by atoms with Gasteiger partial charge < -0.3 is 11.5 Å². The molecule has 1 rings (SSSR count). The molecule has 0 unspecified atom stereocenters. The quantitative estimate of drug-likeness (QED) is 0.413. The highest BCUT2D eigenvalue weighted by molar-refractivity contribution is 6.19. The summed E-state index contributed by atoms with van der Waals surface area (Å²) in [6.07, 6.45) is 2.21. The summed E-state index contributed by atoms with van der Waals surface area (Å²) in [5, 5.41) is 0. The van der Waals surface area contributed by atoms with Crippen molar-refractivity contribution in [1.82, 2.24) is 0 Å². The fourth-order valence-corrected chi connectivity index (χ4v) is 0.596. The van der Waals surface area contributed by atoms with Crippen molar-refractivity contribution >= 4 is 11.6 Å². The van der Waals surface area contributed by atoms with Crippen LogP contribution in [0, 0.1) is 0 Å². The van der Waals surface area contributed by atoms with Gasteiger partial charge in [-0.25, -0.2) is 0 Å². The molecule has 4 heteroatoms. The molecular weight excluding hydrogens is 132 g/mol. The van der Waals surface area contributed by atoms with Gasteiger partial charge in [-0.15, -0.1) is 0 Å². The Morgan fingerprint density at radius 2 is 1.20 bits per heavy atom. The zero-order chi connectivity index (χ0) is 7.72. The average Bonchev–Trinajstić information content (AvgIpc) is 1.93. The third-order valence-electron chi connectivity index (χ3n) is 1.21. The minimum atomic E-state index is -0.405. The zero-order valence-electron chi connectivity index (χ0n) is 5.13. The summed E-state index contributed by atoms with van der Waals surface area (Å²) in [7, 11) is 0. The summed E-state index contributed by atoms with van der Waals surface area (Å²) >= 11 is 0. The Labute approximate surface area is 57.2 Å². The van der Waals surface area contributed by atoms with Crippen molar-refractivity contribution in [2.75, 3.05) is 0 Å². The third-order valence-corrected chi connectivity index (χ3v) is 1.21. The van der Waals surface area contributed by atoms with Gasteiger partial charge in [0.25, 0.3) is 0 Å². The lowest BCUT2D eigenvalue weighted by atomic mass is 10.1. The average molecular weight is 138 g/mol. The highest BCUT2D eigenvalue weighted by Crippen LogP contribution is 2.03. The number of carbonyl (C=O) groups excluding carboxylic acids is 2. The second-order valence-electron chi connectivity index (χ2n) is 1.89. The number of hydrogen-bond acceptors (Lipinski definition) is 4. The van der Waals surface area contributed by atoms with Crippen LogP contribution < -0.4 is 11.5 Å². The molecule has 0 aromatic rings. The van der Waals surface area contributed by atoms with Crippen LogP contribution in [-0.2, 0) is 9.59 Å². The van der Waals surface area contributed by atoms with E-state index in [0.29, 0.717) is 0 Å². The molecule has 0 aliphatic heterocycles. The van der Waals surface area contributed by atoms with Crippen LogP contribution in [0.25, 0.3) is 0 Å². The van der Waals surface area contributed by atoms with Crippen LogP contribution in [0.15, 0.2) is 23.5 Å². The van der Waals surface area contributed by atoms with Crippen molar-refractivity contribution in [3.63, 3.8) is 0 Å². The Morgan fingerprint density at radius 3 is 1.50 bits per heavy atom. The van der Waals surface area contributed by atoms with E-state index in [2.05, 4.69) is 0 Å². The summed E-state index contributed by atoms with van der Waals surface area (Å²) in [4.78, 5) is 21.3. The van der Waals surface area contributed by atoms with Gasteiger partial charge in [0, 0.05) is 0 Å². The predicted molar refractivity (Wildman–Crippen MR) is 34.6 cm³/mol. The van der Waals surface area contributed by atoms with E-state index in [1.807, 2.05) is 0 Å². The van der Waals surface area contributed by atoms with Crippen molar-refractivity contribution < 1.29 is 9.59 Å². The molecule has 1 aliphatic rings. The summed E-state index contributed by atoms with van der Waals surface area (Å²) < 4.78 is 0. The first kappa shape index (κ1) is 6.54. The summed E-state index contributed by atoms with van der Waals surface area (Å²) in [5.41, 5.74) is 9.97. The van der Waals surface area contributed by atoms with E-state index in [0.717, 1.165) is 12.2 Å². The molecule has 4 nitrogen and oxygen atoms in total. The second kappa shape index (κ2) is 1.98. The first-order valence-electron chi connectivity index (χ1n) is 2.65. The topological polar surface area (TPSA) is 86.2 Å². The molecule has 1 aliphatic carbocycles. The van der Waals surface area contributed by atoms with Gasteiger partial charge in [0.1, 0.15) is 11.4 Å². The monoisotopic (exact) mass is 138 g/mol. The lowest BCUT2D eigenvalue weighted by Crippen LogP contribution is -2.24. The van der Waals surface area contributed by atoms with Crippen LogP contribution in [-0.4, -0.2) is 11.6 Å². The molecule has 0 fully saturated rings. The molecule has 0 atom stereocenters. The molecule has 0 spiro atoms. The maximum atomic E-state index is 10.6. The van der Waals surface area contributed by atoms with E-state index in [-0.39, 0.29) is 11.4 Å². The third kappa shape index (κ3) is 0.793. The smallest absolute Gasteiger partial charge is 0.203 e. The Hall–Kier alpha value is -1.58. The van der Waals surface area contributed by atoms with Crippen molar-refractivity contribution in [2.45, 2.75) is 0 Å². The van der Waals surface area contributed by atoms with Crippen LogP contribution in [0.4, 0.5) is 0 Å². The van der Waals surface area contributed by atoms with Gasteiger partial charge in [0.2, 0.25) is 11.6 Å². The van der Waals surface area contributed by atoms with Crippen LogP contribution in [0.3, 0.4) is 0 Å². The molecule has 0 saturated carbocycles. The predicted octanol–water partition coefficient (Wildman–Crippen LogP) is -1.18. The molecule has 4 N–H and O–H groups in total. The maximum absolute atomic E-state index is 10.6. The zero-order valence-corrected chi connectivity index (χ0v) is 5.13. The standard InChI is InChI=1S/C6H6N2O2/c7-5-3(9)1-2-4(10)6(5)8/h1-2H,7-8H2. The molecule has 10 heavy (non-hydrogen) atoms. The van der Waals surface area contributed by atoms with Gasteiger partial charge in [-0.1, -0.05) is 0 Å². The number of hydrogen-bond donors (Lipinski definition) is 2. The van der Waals surface area contributed by atoms with Gasteiger partial charge >= 0.3 is 0 Å². The van der Waals surface area contributed by atoms with E-state index in [1.54, 1.807) is 0 Å². The number of nitrogens with two attached hydrogens (primary N) is 2. The molecule has 0 radical (unpaired) electrons. The van der Waals surface area contributed by atoms with Crippen LogP contribution in [0.1, 0.15) is 0 Å². The fourth-order valence-electron chi connectivity index (χ4n) is 0.596. The van der Waals surface area contributed by atoms with E-state index >= 15 is 0 Å². The highest BCUT2D eigenvalue weighted by Gasteiger charge is 2.16. The maximum Gasteiger partial charge on any atom is 0.203 e. The Morgan fingerprint density at radius 1 is 0.900 bits per heavy atom. The lowest BCUT2D eigenvalue weighted by Gasteiger charge is -2.04. The van der Waals surface area contributed by atoms with E-state index in [9.17, 15) is 9.59 Å². The minimum absolute atomic E-state index is 0.160.